The molecule has 0 N–H and O–H groups in total. The summed E-state index contributed by atoms with van der Waals surface area (Å²) in [5.41, 5.74) is 2.51. The van der Waals surface area contributed by atoms with Gasteiger partial charge < -0.3 is 9.13 Å². The molecule has 3 aromatic heterocycles. The van der Waals surface area contributed by atoms with Crippen LogP contribution in [0, 0.1) is 11.8 Å². The van der Waals surface area contributed by atoms with Gasteiger partial charge in [-0.3, -0.25) is 14.6 Å². The molecule has 5 rings (SSSR count). The lowest BCUT2D eigenvalue weighted by atomic mass is 9.74. The van der Waals surface area contributed by atoms with Crippen molar-refractivity contribution in [2.45, 2.75) is 19.0 Å². The van der Waals surface area contributed by atoms with Crippen molar-refractivity contribution in [2.75, 3.05) is 0 Å². The molecule has 3 atom stereocenters. The first-order valence-corrected chi connectivity index (χ1v) is 8.52. The van der Waals surface area contributed by atoms with Gasteiger partial charge in [0.1, 0.15) is 0 Å². The largest absolute Gasteiger partial charge is 0.344 e. The molecule has 0 aliphatic carbocycles. The van der Waals surface area contributed by atoms with Gasteiger partial charge in [0, 0.05) is 55.6 Å². The van der Waals surface area contributed by atoms with Crippen molar-refractivity contribution in [1.29, 1.82) is 0 Å². The van der Waals surface area contributed by atoms with Gasteiger partial charge in [-0.2, -0.15) is 0 Å². The fraction of sp³-hybridized carbons (Fsp3) is 0.250. The number of carbonyl (C=O) groups is 2. The van der Waals surface area contributed by atoms with E-state index in [-0.39, 0.29) is 29.3 Å². The van der Waals surface area contributed by atoms with Crippen LogP contribution in [-0.4, -0.2) is 25.7 Å². The van der Waals surface area contributed by atoms with E-state index in [0.29, 0.717) is 13.1 Å². The van der Waals surface area contributed by atoms with Gasteiger partial charge in [-0.1, -0.05) is 0 Å². The van der Waals surface area contributed by atoms with Crippen LogP contribution in [0.5, 0.6) is 0 Å². The molecule has 0 aromatic carbocycles. The molecule has 0 spiro atoms. The van der Waals surface area contributed by atoms with E-state index in [2.05, 4.69) is 4.98 Å². The molecule has 0 saturated carbocycles. The topological polar surface area (TPSA) is 56.9 Å². The number of hydrogen-bond acceptors (Lipinski definition) is 3. The van der Waals surface area contributed by atoms with E-state index in [1.54, 1.807) is 12.4 Å². The van der Waals surface area contributed by atoms with Gasteiger partial charge in [-0.05, 0) is 42.0 Å². The summed E-state index contributed by atoms with van der Waals surface area (Å²) in [5, 5.41) is 0. The molecule has 0 fully saturated rings. The highest BCUT2D eigenvalue weighted by molar-refractivity contribution is 6.02. The molecule has 3 aromatic rings. The van der Waals surface area contributed by atoms with Crippen LogP contribution in [0.15, 0.2) is 61.2 Å². The monoisotopic (exact) mass is 331 g/mol. The third-order valence-corrected chi connectivity index (χ3v) is 5.58. The minimum absolute atomic E-state index is 0.135. The van der Waals surface area contributed by atoms with Crippen molar-refractivity contribution in [1.82, 2.24) is 14.1 Å². The fourth-order valence-corrected chi connectivity index (χ4v) is 4.45. The standard InChI is InChI=1S/C20H17N3O2/c24-19-14(11-22-9-1-3-16(19)22)18(13-5-7-21-8-6-13)15-12-23-10-2-4-17(23)20(15)25/h1-10,14-15,18H,11-12H2/t14-,15+,18?. The first-order chi connectivity index (χ1) is 12.2. The number of Topliss-reactive ketones (excluding diaryl/α,β-unsaturated/α-hetero) is 2. The zero-order valence-corrected chi connectivity index (χ0v) is 13.6. The van der Waals surface area contributed by atoms with Crippen molar-refractivity contribution in [3.8, 4) is 0 Å². The summed E-state index contributed by atoms with van der Waals surface area (Å²) >= 11 is 0. The molecule has 0 amide bonds. The zero-order chi connectivity index (χ0) is 17.0. The van der Waals surface area contributed by atoms with Gasteiger partial charge in [0.05, 0.1) is 11.4 Å². The number of fused-ring (bicyclic) bond motifs is 2. The summed E-state index contributed by atoms with van der Waals surface area (Å²) in [4.78, 5) is 30.1. The normalized spacial score (nSPS) is 22.9. The third-order valence-electron chi connectivity index (χ3n) is 5.58. The summed E-state index contributed by atoms with van der Waals surface area (Å²) < 4.78 is 4.00. The van der Waals surface area contributed by atoms with E-state index in [9.17, 15) is 9.59 Å². The van der Waals surface area contributed by atoms with Crippen LogP contribution >= 0.6 is 0 Å². The van der Waals surface area contributed by atoms with E-state index in [0.717, 1.165) is 17.0 Å². The van der Waals surface area contributed by atoms with Crippen LogP contribution < -0.4 is 0 Å². The van der Waals surface area contributed by atoms with E-state index in [1.807, 2.05) is 57.9 Å². The maximum atomic E-state index is 13.0. The molecule has 2 aliphatic heterocycles. The number of ketones is 2. The molecule has 25 heavy (non-hydrogen) atoms. The number of carbonyl (C=O) groups excluding carboxylic acids is 2. The van der Waals surface area contributed by atoms with Crippen molar-refractivity contribution in [2.24, 2.45) is 11.8 Å². The van der Waals surface area contributed by atoms with Gasteiger partial charge in [0.2, 0.25) is 0 Å². The van der Waals surface area contributed by atoms with Gasteiger partial charge in [0.15, 0.2) is 11.6 Å². The number of pyridine rings is 1. The lowest BCUT2D eigenvalue weighted by Crippen LogP contribution is -2.30. The minimum atomic E-state index is -0.211. The lowest BCUT2D eigenvalue weighted by molar-refractivity contribution is 0.0836. The summed E-state index contributed by atoms with van der Waals surface area (Å²) in [5.74, 6) is -0.288. The van der Waals surface area contributed by atoms with Crippen LogP contribution in [0.3, 0.4) is 0 Å². The Bertz CT molecular complexity index is 910. The maximum absolute atomic E-state index is 13.0. The third kappa shape index (κ3) is 2.05. The Morgan fingerprint density at radius 1 is 0.840 bits per heavy atom. The first-order valence-electron chi connectivity index (χ1n) is 8.52. The molecule has 5 heterocycles. The Balaban J connectivity index is 1.57. The quantitative estimate of drug-likeness (QED) is 0.741. The Hall–Kier alpha value is -2.95. The second-order valence-electron chi connectivity index (χ2n) is 6.84. The van der Waals surface area contributed by atoms with Crippen molar-refractivity contribution in [3.05, 3.63) is 78.1 Å². The second-order valence-corrected chi connectivity index (χ2v) is 6.84. The van der Waals surface area contributed by atoms with E-state index >= 15 is 0 Å². The summed E-state index contributed by atoms with van der Waals surface area (Å²) in [6.07, 6.45) is 7.36. The van der Waals surface area contributed by atoms with Gasteiger partial charge in [-0.25, -0.2) is 0 Å². The molecular formula is C20H17N3O2. The average Bonchev–Trinajstić information content (AvgIpc) is 3.37. The predicted octanol–water partition coefficient (Wildman–Crippen LogP) is 2.79. The van der Waals surface area contributed by atoms with Gasteiger partial charge in [-0.15, -0.1) is 0 Å². The summed E-state index contributed by atoms with van der Waals surface area (Å²) in [6.45, 7) is 1.26. The van der Waals surface area contributed by atoms with Crippen LogP contribution in [-0.2, 0) is 13.1 Å². The highest BCUT2D eigenvalue weighted by atomic mass is 16.1. The summed E-state index contributed by atoms with van der Waals surface area (Å²) in [6, 6.07) is 11.4. The molecule has 0 saturated heterocycles. The van der Waals surface area contributed by atoms with Crippen LogP contribution in [0.25, 0.3) is 0 Å². The molecular weight excluding hydrogens is 314 g/mol. The highest BCUT2D eigenvalue weighted by Crippen LogP contribution is 2.42. The molecule has 2 aliphatic rings. The number of aromatic nitrogens is 3. The minimum Gasteiger partial charge on any atom is -0.344 e. The van der Waals surface area contributed by atoms with E-state index in [1.165, 1.54) is 0 Å². The van der Waals surface area contributed by atoms with E-state index < -0.39 is 0 Å². The molecule has 0 radical (unpaired) electrons. The smallest absolute Gasteiger partial charge is 0.184 e. The van der Waals surface area contributed by atoms with Crippen LogP contribution in [0.4, 0.5) is 0 Å². The second kappa shape index (κ2) is 5.28. The number of nitrogens with zero attached hydrogens (tertiary/aromatic N) is 3. The van der Waals surface area contributed by atoms with Crippen LogP contribution in [0.1, 0.15) is 32.5 Å². The SMILES string of the molecule is O=C1c2cccn2C[C@H]1C(c1ccncc1)[C@H]1Cn2cccc2C1=O. The molecule has 0 bridgehead atoms. The maximum Gasteiger partial charge on any atom is 0.184 e. The van der Waals surface area contributed by atoms with Gasteiger partial charge >= 0.3 is 0 Å². The fourth-order valence-electron chi connectivity index (χ4n) is 4.45. The van der Waals surface area contributed by atoms with E-state index in [4.69, 9.17) is 0 Å². The van der Waals surface area contributed by atoms with Gasteiger partial charge in [0.25, 0.3) is 0 Å². The molecule has 5 nitrogen and oxygen atoms in total. The Morgan fingerprint density at radius 3 is 1.84 bits per heavy atom. The predicted molar refractivity (Wildman–Crippen MR) is 91.5 cm³/mol. The number of hydrogen-bond donors (Lipinski definition) is 0. The van der Waals surface area contributed by atoms with Crippen LogP contribution in [0.2, 0.25) is 0 Å². The highest BCUT2D eigenvalue weighted by Gasteiger charge is 2.45. The Labute approximate surface area is 144 Å². The zero-order valence-electron chi connectivity index (χ0n) is 13.6. The first kappa shape index (κ1) is 14.4. The van der Waals surface area contributed by atoms with Crippen molar-refractivity contribution in [3.63, 3.8) is 0 Å². The molecule has 5 heteroatoms. The summed E-state index contributed by atoms with van der Waals surface area (Å²) in [7, 11) is 0. The lowest BCUT2D eigenvalue weighted by Gasteiger charge is -2.27. The van der Waals surface area contributed by atoms with Crippen molar-refractivity contribution < 1.29 is 9.59 Å². The average molecular weight is 331 g/mol. The Kier molecular flexibility index (Phi) is 3.04. The Morgan fingerprint density at radius 2 is 1.36 bits per heavy atom. The molecule has 1 unspecified atom stereocenters. The number of rotatable bonds is 3. The molecule has 124 valence electrons. The van der Waals surface area contributed by atoms with Crippen molar-refractivity contribution >= 4 is 11.6 Å².